The van der Waals surface area contributed by atoms with Gasteiger partial charge in [-0.15, -0.1) is 0 Å². The van der Waals surface area contributed by atoms with Crippen LogP contribution in [0.1, 0.15) is 0 Å². The lowest BCUT2D eigenvalue weighted by Gasteiger charge is -2.14. The van der Waals surface area contributed by atoms with Crippen molar-refractivity contribution >= 4 is 23.0 Å². The zero-order valence-electron chi connectivity index (χ0n) is 6.95. The average molecular weight is 175 g/mol. The van der Waals surface area contributed by atoms with E-state index in [1.165, 1.54) is 0 Å². The van der Waals surface area contributed by atoms with Gasteiger partial charge in [0.05, 0.1) is 17.9 Å². The number of aliphatic imine (C=N–C) groups is 1. The lowest BCUT2D eigenvalue weighted by molar-refractivity contribution is -0.112. The summed E-state index contributed by atoms with van der Waals surface area (Å²) in [6, 6.07) is 7.53. The van der Waals surface area contributed by atoms with Crippen LogP contribution in [0.4, 0.5) is 11.4 Å². The van der Waals surface area contributed by atoms with Crippen LogP contribution in [0.3, 0.4) is 0 Å². The molecule has 0 saturated carbocycles. The standard InChI is InChI=1S/C9H9N3O/c10-9(13)8-5-11-6-3-1-2-4-7(6)12-8/h1-4,11H,5H2,(H2,10,13). The molecule has 0 unspecified atom stereocenters. The molecular weight excluding hydrogens is 166 g/mol. The normalized spacial score (nSPS) is 14.0. The molecule has 0 spiro atoms. The average Bonchev–Trinajstić information content (AvgIpc) is 2.17. The van der Waals surface area contributed by atoms with Crippen LogP contribution in [0.2, 0.25) is 0 Å². The number of nitrogens with two attached hydrogens (primary N) is 1. The molecule has 66 valence electrons. The highest BCUT2D eigenvalue weighted by Gasteiger charge is 2.13. The largest absolute Gasteiger partial charge is 0.377 e. The third-order valence-electron chi connectivity index (χ3n) is 1.89. The summed E-state index contributed by atoms with van der Waals surface area (Å²) in [6.07, 6.45) is 0. The Kier molecular flexibility index (Phi) is 1.73. The van der Waals surface area contributed by atoms with E-state index in [-0.39, 0.29) is 0 Å². The number of fused-ring (bicyclic) bond motifs is 1. The van der Waals surface area contributed by atoms with Crippen molar-refractivity contribution in [1.29, 1.82) is 0 Å². The number of hydrogen-bond acceptors (Lipinski definition) is 3. The highest BCUT2D eigenvalue weighted by atomic mass is 16.1. The third kappa shape index (κ3) is 1.38. The van der Waals surface area contributed by atoms with Crippen LogP contribution < -0.4 is 11.1 Å². The van der Waals surface area contributed by atoms with E-state index in [9.17, 15) is 4.79 Å². The number of anilines is 1. The molecule has 0 atom stereocenters. The number of benzene rings is 1. The molecule has 1 aromatic carbocycles. The molecule has 0 fully saturated rings. The highest BCUT2D eigenvalue weighted by Crippen LogP contribution is 2.26. The van der Waals surface area contributed by atoms with Crippen molar-refractivity contribution in [2.24, 2.45) is 10.7 Å². The summed E-state index contributed by atoms with van der Waals surface area (Å²) in [5.74, 6) is -0.470. The lowest BCUT2D eigenvalue weighted by Crippen LogP contribution is -2.31. The summed E-state index contributed by atoms with van der Waals surface area (Å²) < 4.78 is 0. The maximum atomic E-state index is 10.8. The summed E-state index contributed by atoms with van der Waals surface area (Å²) in [5, 5.41) is 3.06. The first-order chi connectivity index (χ1) is 6.27. The number of amides is 1. The van der Waals surface area contributed by atoms with E-state index in [2.05, 4.69) is 10.3 Å². The molecule has 4 nitrogen and oxygen atoms in total. The van der Waals surface area contributed by atoms with Gasteiger partial charge in [-0.05, 0) is 12.1 Å². The Morgan fingerprint density at radius 1 is 1.46 bits per heavy atom. The van der Waals surface area contributed by atoms with Gasteiger partial charge in [0.1, 0.15) is 5.71 Å². The van der Waals surface area contributed by atoms with Gasteiger partial charge in [0.2, 0.25) is 0 Å². The topological polar surface area (TPSA) is 67.5 Å². The first kappa shape index (κ1) is 7.79. The quantitative estimate of drug-likeness (QED) is 0.658. The lowest BCUT2D eigenvalue weighted by atomic mass is 10.2. The molecule has 3 N–H and O–H groups in total. The minimum Gasteiger partial charge on any atom is -0.377 e. The van der Waals surface area contributed by atoms with Crippen LogP contribution in [0.25, 0.3) is 0 Å². The molecule has 1 heterocycles. The second-order valence-electron chi connectivity index (χ2n) is 2.79. The van der Waals surface area contributed by atoms with Crippen molar-refractivity contribution in [3.63, 3.8) is 0 Å². The van der Waals surface area contributed by atoms with E-state index in [4.69, 9.17) is 5.73 Å². The van der Waals surface area contributed by atoms with Crippen LogP contribution >= 0.6 is 0 Å². The van der Waals surface area contributed by atoms with Gasteiger partial charge in [-0.1, -0.05) is 12.1 Å². The van der Waals surface area contributed by atoms with Crippen molar-refractivity contribution in [2.75, 3.05) is 11.9 Å². The van der Waals surface area contributed by atoms with Gasteiger partial charge in [-0.2, -0.15) is 0 Å². The fourth-order valence-electron chi connectivity index (χ4n) is 1.23. The van der Waals surface area contributed by atoms with E-state index in [1.807, 2.05) is 24.3 Å². The Hall–Kier alpha value is -1.84. The molecule has 1 aliphatic heterocycles. The van der Waals surface area contributed by atoms with E-state index in [1.54, 1.807) is 0 Å². The Morgan fingerprint density at radius 3 is 3.00 bits per heavy atom. The third-order valence-corrected chi connectivity index (χ3v) is 1.89. The first-order valence-electron chi connectivity index (χ1n) is 3.97. The molecule has 1 aliphatic rings. The van der Waals surface area contributed by atoms with Crippen molar-refractivity contribution in [2.45, 2.75) is 0 Å². The maximum absolute atomic E-state index is 10.8. The van der Waals surface area contributed by atoms with E-state index < -0.39 is 5.91 Å². The summed E-state index contributed by atoms with van der Waals surface area (Å²) in [4.78, 5) is 14.9. The second kappa shape index (κ2) is 2.90. The van der Waals surface area contributed by atoms with Crippen LogP contribution in [0, 0.1) is 0 Å². The highest BCUT2D eigenvalue weighted by molar-refractivity contribution is 6.40. The summed E-state index contributed by atoms with van der Waals surface area (Å²) in [6.45, 7) is 0.409. The zero-order chi connectivity index (χ0) is 9.26. The SMILES string of the molecule is NC(=O)C1=Nc2ccccc2NC1. The minimum atomic E-state index is -0.470. The molecule has 0 saturated heterocycles. The number of primary amides is 1. The van der Waals surface area contributed by atoms with Crippen molar-refractivity contribution in [3.05, 3.63) is 24.3 Å². The van der Waals surface area contributed by atoms with Crippen LogP contribution in [0.5, 0.6) is 0 Å². The Labute approximate surface area is 75.5 Å². The first-order valence-corrected chi connectivity index (χ1v) is 3.97. The Morgan fingerprint density at radius 2 is 2.23 bits per heavy atom. The van der Waals surface area contributed by atoms with Gasteiger partial charge >= 0.3 is 0 Å². The summed E-state index contributed by atoms with van der Waals surface area (Å²) >= 11 is 0. The molecule has 1 aromatic rings. The summed E-state index contributed by atoms with van der Waals surface area (Å²) in [7, 11) is 0. The molecular formula is C9H9N3O. The molecule has 1 amide bonds. The molecule has 2 rings (SSSR count). The number of nitrogens with one attached hydrogen (secondary N) is 1. The fourth-order valence-corrected chi connectivity index (χ4v) is 1.23. The maximum Gasteiger partial charge on any atom is 0.264 e. The van der Waals surface area contributed by atoms with Crippen molar-refractivity contribution in [1.82, 2.24) is 0 Å². The molecule has 0 aliphatic carbocycles. The fraction of sp³-hybridized carbons (Fsp3) is 0.111. The van der Waals surface area contributed by atoms with Gasteiger partial charge in [0.25, 0.3) is 5.91 Å². The van der Waals surface area contributed by atoms with Crippen LogP contribution in [-0.4, -0.2) is 18.2 Å². The smallest absolute Gasteiger partial charge is 0.264 e. The zero-order valence-corrected chi connectivity index (χ0v) is 6.95. The van der Waals surface area contributed by atoms with Crippen LogP contribution in [-0.2, 0) is 4.79 Å². The number of hydrogen-bond donors (Lipinski definition) is 2. The number of carbonyl (C=O) groups is 1. The molecule has 13 heavy (non-hydrogen) atoms. The molecule has 0 aromatic heterocycles. The van der Waals surface area contributed by atoms with E-state index >= 15 is 0 Å². The summed E-state index contributed by atoms with van der Waals surface area (Å²) in [5.41, 5.74) is 7.19. The van der Waals surface area contributed by atoms with Gasteiger partial charge in [-0.25, -0.2) is 4.99 Å². The number of carbonyl (C=O) groups excluding carboxylic acids is 1. The second-order valence-corrected chi connectivity index (χ2v) is 2.79. The van der Waals surface area contributed by atoms with Crippen molar-refractivity contribution in [3.8, 4) is 0 Å². The molecule has 0 bridgehead atoms. The minimum absolute atomic E-state index is 0.374. The Bertz CT molecular complexity index is 384. The number of para-hydroxylation sites is 2. The molecule has 4 heteroatoms. The Balaban J connectivity index is 2.44. The van der Waals surface area contributed by atoms with Crippen LogP contribution in [0.15, 0.2) is 29.3 Å². The number of rotatable bonds is 1. The van der Waals surface area contributed by atoms with Gasteiger partial charge in [0, 0.05) is 0 Å². The van der Waals surface area contributed by atoms with Gasteiger partial charge < -0.3 is 11.1 Å². The van der Waals surface area contributed by atoms with Gasteiger partial charge in [0.15, 0.2) is 0 Å². The van der Waals surface area contributed by atoms with Crippen molar-refractivity contribution < 1.29 is 4.79 Å². The van der Waals surface area contributed by atoms with Gasteiger partial charge in [-0.3, -0.25) is 4.79 Å². The predicted molar refractivity (Wildman–Crippen MR) is 51.2 cm³/mol. The number of nitrogens with zero attached hydrogens (tertiary/aromatic N) is 1. The molecule has 0 radical (unpaired) electrons. The monoisotopic (exact) mass is 175 g/mol. The predicted octanol–water partition coefficient (Wildman–Crippen LogP) is 0.670. The van der Waals surface area contributed by atoms with E-state index in [0.29, 0.717) is 12.3 Å². The van der Waals surface area contributed by atoms with E-state index in [0.717, 1.165) is 11.4 Å².